The molecular weight excluding hydrogens is 454 g/mol. The van der Waals surface area contributed by atoms with Gasteiger partial charge in [-0.15, -0.1) is 5.10 Å². The van der Waals surface area contributed by atoms with Crippen LogP contribution in [0.5, 0.6) is 5.75 Å². The molecule has 4 aromatic rings. The van der Waals surface area contributed by atoms with Crippen molar-refractivity contribution in [1.82, 2.24) is 24.8 Å². The second-order valence-corrected chi connectivity index (χ2v) is 9.88. The number of carboxylic acid groups (broad SMARTS) is 1. The van der Waals surface area contributed by atoms with Crippen LogP contribution in [0.2, 0.25) is 0 Å². The Balaban J connectivity index is 1.31. The molecule has 2 aliphatic carbocycles. The van der Waals surface area contributed by atoms with Gasteiger partial charge in [-0.1, -0.05) is 35.9 Å². The van der Waals surface area contributed by atoms with E-state index in [9.17, 15) is 9.90 Å². The Hall–Kier alpha value is -3.94. The summed E-state index contributed by atoms with van der Waals surface area (Å²) in [5.74, 6) is 0.0996. The lowest BCUT2D eigenvalue weighted by Gasteiger charge is -2.23. The monoisotopic (exact) mass is 483 g/mol. The van der Waals surface area contributed by atoms with Crippen molar-refractivity contribution in [3.05, 3.63) is 77.9 Å². The second kappa shape index (κ2) is 9.26. The molecule has 0 amide bonds. The fourth-order valence-electron chi connectivity index (χ4n) is 5.39. The topological polar surface area (TPSA) is 95.1 Å². The van der Waals surface area contributed by atoms with Gasteiger partial charge in [0.2, 0.25) is 0 Å². The number of carbonyl (C=O) groups is 1. The molecule has 36 heavy (non-hydrogen) atoms. The SMILES string of the molecule is Cn1cc(C2CC2c2c(C(=O)O)cnn2-c2cccc(-c3cccc(OC4CCCCC4)c3)c2)nn1. The third-order valence-corrected chi connectivity index (χ3v) is 7.29. The third-order valence-electron chi connectivity index (χ3n) is 7.29. The third kappa shape index (κ3) is 4.39. The summed E-state index contributed by atoms with van der Waals surface area (Å²) in [5, 5.41) is 22.6. The first kappa shape index (κ1) is 22.5. The van der Waals surface area contributed by atoms with Gasteiger partial charge in [0, 0.05) is 25.1 Å². The highest BCUT2D eigenvalue weighted by Crippen LogP contribution is 2.55. The highest BCUT2D eigenvalue weighted by molar-refractivity contribution is 5.89. The minimum atomic E-state index is -0.968. The molecule has 1 N–H and O–H groups in total. The average Bonchev–Trinajstić information content (AvgIpc) is 3.34. The van der Waals surface area contributed by atoms with E-state index in [0.717, 1.165) is 47.5 Å². The highest BCUT2D eigenvalue weighted by atomic mass is 16.5. The Morgan fingerprint density at radius 3 is 2.56 bits per heavy atom. The van der Waals surface area contributed by atoms with Crippen LogP contribution in [0.15, 0.2) is 60.9 Å². The minimum absolute atomic E-state index is 0.0335. The summed E-state index contributed by atoms with van der Waals surface area (Å²) in [7, 11) is 1.83. The van der Waals surface area contributed by atoms with Crippen molar-refractivity contribution in [2.45, 2.75) is 56.5 Å². The second-order valence-electron chi connectivity index (χ2n) is 9.88. The van der Waals surface area contributed by atoms with Crippen LogP contribution >= 0.6 is 0 Å². The van der Waals surface area contributed by atoms with Crippen LogP contribution in [0.4, 0.5) is 0 Å². The molecule has 0 saturated heterocycles. The zero-order valence-electron chi connectivity index (χ0n) is 20.2. The van der Waals surface area contributed by atoms with Crippen LogP contribution in [-0.4, -0.2) is 42.0 Å². The van der Waals surface area contributed by atoms with Crippen LogP contribution in [0.25, 0.3) is 16.8 Å². The van der Waals surface area contributed by atoms with Crippen molar-refractivity contribution in [2.75, 3.05) is 0 Å². The Labute approximate surface area is 209 Å². The number of benzene rings is 2. The van der Waals surface area contributed by atoms with Gasteiger partial charge >= 0.3 is 5.97 Å². The van der Waals surface area contributed by atoms with Crippen molar-refractivity contribution in [1.29, 1.82) is 0 Å². The van der Waals surface area contributed by atoms with Crippen molar-refractivity contribution in [3.63, 3.8) is 0 Å². The van der Waals surface area contributed by atoms with E-state index < -0.39 is 5.97 Å². The number of hydrogen-bond acceptors (Lipinski definition) is 5. The smallest absolute Gasteiger partial charge is 0.339 e. The van der Waals surface area contributed by atoms with E-state index in [-0.39, 0.29) is 17.4 Å². The number of nitrogens with zero attached hydrogens (tertiary/aromatic N) is 5. The van der Waals surface area contributed by atoms with Gasteiger partial charge in [0.25, 0.3) is 0 Å². The lowest BCUT2D eigenvalue weighted by atomic mass is 9.97. The van der Waals surface area contributed by atoms with Crippen LogP contribution in [0.1, 0.15) is 72.1 Å². The van der Waals surface area contributed by atoms with Gasteiger partial charge in [0.15, 0.2) is 0 Å². The lowest BCUT2D eigenvalue weighted by molar-refractivity contribution is 0.0695. The largest absolute Gasteiger partial charge is 0.490 e. The number of aromatic carboxylic acids is 1. The summed E-state index contributed by atoms with van der Waals surface area (Å²) in [6, 6.07) is 16.3. The van der Waals surface area contributed by atoms with Crippen molar-refractivity contribution < 1.29 is 14.6 Å². The molecule has 8 heteroatoms. The molecule has 0 bridgehead atoms. The van der Waals surface area contributed by atoms with Gasteiger partial charge in [0.05, 0.1) is 29.4 Å². The number of carboxylic acids is 1. The fraction of sp³-hybridized carbons (Fsp3) is 0.357. The quantitative estimate of drug-likeness (QED) is 0.381. The van der Waals surface area contributed by atoms with Gasteiger partial charge in [0.1, 0.15) is 11.3 Å². The van der Waals surface area contributed by atoms with Gasteiger partial charge in [-0.2, -0.15) is 5.10 Å². The van der Waals surface area contributed by atoms with E-state index in [1.807, 2.05) is 37.5 Å². The normalized spacial score (nSPS) is 19.8. The zero-order valence-corrected chi connectivity index (χ0v) is 20.2. The lowest BCUT2D eigenvalue weighted by Crippen LogP contribution is -2.19. The van der Waals surface area contributed by atoms with Crippen LogP contribution < -0.4 is 4.74 Å². The van der Waals surface area contributed by atoms with Gasteiger partial charge in [-0.3, -0.25) is 4.68 Å². The molecule has 2 heterocycles. The Kier molecular flexibility index (Phi) is 5.79. The number of aromatic nitrogens is 5. The molecule has 0 aliphatic heterocycles. The van der Waals surface area contributed by atoms with E-state index in [2.05, 4.69) is 39.7 Å². The van der Waals surface area contributed by atoms with Crippen molar-refractivity contribution in [2.24, 2.45) is 7.05 Å². The molecule has 0 radical (unpaired) electrons. The summed E-state index contributed by atoms with van der Waals surface area (Å²) in [6.07, 6.45) is 10.5. The standard InChI is InChI=1S/C28H29N5O3/c1-32-17-26(30-31-32)23-15-24(23)27-25(28(34)35)16-29-33(27)20-9-5-7-18(13-20)19-8-6-12-22(14-19)36-21-10-3-2-4-11-21/h5-9,12-14,16-17,21,23-24H,2-4,10-11,15H2,1H3,(H,34,35). The summed E-state index contributed by atoms with van der Waals surface area (Å²) >= 11 is 0. The van der Waals surface area contributed by atoms with Crippen molar-refractivity contribution in [3.8, 4) is 22.6 Å². The van der Waals surface area contributed by atoms with Crippen LogP contribution in [0.3, 0.4) is 0 Å². The first-order chi connectivity index (χ1) is 17.6. The molecular formula is C28H29N5O3. The maximum absolute atomic E-state index is 12.0. The minimum Gasteiger partial charge on any atom is -0.490 e. The molecule has 2 aliphatic rings. The predicted molar refractivity (Wildman–Crippen MR) is 135 cm³/mol. The molecule has 2 aromatic heterocycles. The predicted octanol–water partition coefficient (Wildman–Crippen LogP) is 5.35. The van der Waals surface area contributed by atoms with Gasteiger partial charge < -0.3 is 9.84 Å². The molecule has 2 saturated carbocycles. The Bertz CT molecular complexity index is 1400. The van der Waals surface area contributed by atoms with E-state index in [1.165, 1.54) is 25.5 Å². The maximum Gasteiger partial charge on any atom is 0.339 e. The average molecular weight is 484 g/mol. The molecule has 2 fully saturated rings. The molecule has 2 unspecified atom stereocenters. The van der Waals surface area contributed by atoms with Crippen molar-refractivity contribution >= 4 is 5.97 Å². The molecule has 8 nitrogen and oxygen atoms in total. The number of ether oxygens (including phenoxy) is 1. The molecule has 6 rings (SSSR count). The van der Waals surface area contributed by atoms with E-state index in [0.29, 0.717) is 11.8 Å². The summed E-state index contributed by atoms with van der Waals surface area (Å²) in [5.41, 5.74) is 4.75. The van der Waals surface area contributed by atoms with Gasteiger partial charge in [-0.05, 0) is 67.5 Å². The highest BCUT2D eigenvalue weighted by Gasteiger charge is 2.46. The summed E-state index contributed by atoms with van der Waals surface area (Å²) < 4.78 is 9.73. The first-order valence-electron chi connectivity index (χ1n) is 12.6. The molecule has 184 valence electrons. The maximum atomic E-state index is 12.0. The fourth-order valence-corrected chi connectivity index (χ4v) is 5.39. The first-order valence-corrected chi connectivity index (χ1v) is 12.6. The molecule has 2 aromatic carbocycles. The summed E-state index contributed by atoms with van der Waals surface area (Å²) in [6.45, 7) is 0. The summed E-state index contributed by atoms with van der Waals surface area (Å²) in [4.78, 5) is 12.0. The van der Waals surface area contributed by atoms with E-state index in [4.69, 9.17) is 4.74 Å². The van der Waals surface area contributed by atoms with Gasteiger partial charge in [-0.25, -0.2) is 9.48 Å². The zero-order chi connectivity index (χ0) is 24.6. The number of aryl methyl sites for hydroxylation is 1. The van der Waals surface area contributed by atoms with Crippen LogP contribution in [-0.2, 0) is 7.05 Å². The Morgan fingerprint density at radius 1 is 1.03 bits per heavy atom. The molecule has 0 spiro atoms. The van der Waals surface area contributed by atoms with E-state index in [1.54, 1.807) is 9.36 Å². The Morgan fingerprint density at radius 2 is 1.81 bits per heavy atom. The number of rotatable bonds is 7. The van der Waals surface area contributed by atoms with Crippen LogP contribution in [0, 0.1) is 0 Å². The molecule has 2 atom stereocenters. The number of hydrogen-bond donors (Lipinski definition) is 1. The van der Waals surface area contributed by atoms with E-state index >= 15 is 0 Å².